The van der Waals surface area contributed by atoms with Crippen molar-refractivity contribution in [3.63, 3.8) is 0 Å². The third-order valence-electron chi connectivity index (χ3n) is 2.92. The summed E-state index contributed by atoms with van der Waals surface area (Å²) in [6, 6.07) is 7.83. The van der Waals surface area contributed by atoms with Crippen molar-refractivity contribution in [1.82, 2.24) is 25.5 Å². The van der Waals surface area contributed by atoms with Gasteiger partial charge in [0.15, 0.2) is 0 Å². The van der Waals surface area contributed by atoms with E-state index in [1.807, 2.05) is 31.2 Å². The molecule has 1 N–H and O–H groups in total. The SMILES string of the molecule is CC(NCCOCC(F)F)c1cccc(-n2cnnn2)c1. The van der Waals surface area contributed by atoms with Gasteiger partial charge in [0.25, 0.3) is 6.43 Å². The third kappa shape index (κ3) is 4.83. The molecule has 0 aliphatic carbocycles. The van der Waals surface area contributed by atoms with E-state index in [4.69, 9.17) is 4.74 Å². The standard InChI is InChI=1S/C13H17F2N5O/c1-10(16-5-6-21-8-13(14)15)11-3-2-4-12(7-11)20-9-17-18-19-20/h2-4,7,9-10,13,16H,5-6,8H2,1H3. The van der Waals surface area contributed by atoms with Crippen LogP contribution in [0, 0.1) is 0 Å². The van der Waals surface area contributed by atoms with E-state index in [1.54, 1.807) is 4.68 Å². The van der Waals surface area contributed by atoms with Gasteiger partial charge in [-0.3, -0.25) is 0 Å². The second-order valence-corrected chi connectivity index (χ2v) is 4.49. The van der Waals surface area contributed by atoms with Crippen LogP contribution in [0.5, 0.6) is 0 Å². The zero-order valence-corrected chi connectivity index (χ0v) is 11.6. The van der Waals surface area contributed by atoms with E-state index in [1.165, 1.54) is 6.33 Å². The Labute approximate surface area is 121 Å². The van der Waals surface area contributed by atoms with Gasteiger partial charge < -0.3 is 10.1 Å². The molecule has 0 bridgehead atoms. The molecule has 1 aromatic heterocycles. The second-order valence-electron chi connectivity index (χ2n) is 4.49. The van der Waals surface area contributed by atoms with Crippen LogP contribution in [0.15, 0.2) is 30.6 Å². The van der Waals surface area contributed by atoms with Gasteiger partial charge in [0.2, 0.25) is 0 Å². The van der Waals surface area contributed by atoms with Crippen molar-refractivity contribution in [2.75, 3.05) is 19.8 Å². The molecular weight excluding hydrogens is 280 g/mol. The van der Waals surface area contributed by atoms with Gasteiger partial charge >= 0.3 is 0 Å². The molecule has 1 unspecified atom stereocenters. The average molecular weight is 297 g/mol. The largest absolute Gasteiger partial charge is 0.374 e. The molecule has 114 valence electrons. The molecule has 0 amide bonds. The van der Waals surface area contributed by atoms with Crippen LogP contribution in [0.2, 0.25) is 0 Å². The molecule has 8 heteroatoms. The summed E-state index contributed by atoms with van der Waals surface area (Å²) in [7, 11) is 0. The highest BCUT2D eigenvalue weighted by molar-refractivity contribution is 5.35. The lowest BCUT2D eigenvalue weighted by molar-refractivity contribution is 0.0183. The van der Waals surface area contributed by atoms with Crippen molar-refractivity contribution in [3.8, 4) is 5.69 Å². The van der Waals surface area contributed by atoms with Gasteiger partial charge in [0, 0.05) is 12.6 Å². The number of tetrazole rings is 1. The van der Waals surface area contributed by atoms with Gasteiger partial charge in [-0.05, 0) is 35.0 Å². The lowest BCUT2D eigenvalue weighted by Gasteiger charge is -2.15. The number of benzene rings is 1. The predicted octanol–water partition coefficient (Wildman–Crippen LogP) is 1.59. The highest BCUT2D eigenvalue weighted by atomic mass is 19.3. The number of rotatable bonds is 8. The fourth-order valence-electron chi connectivity index (χ4n) is 1.85. The Hall–Kier alpha value is -1.93. The lowest BCUT2D eigenvalue weighted by atomic mass is 10.1. The Morgan fingerprint density at radius 1 is 1.38 bits per heavy atom. The Morgan fingerprint density at radius 3 is 2.95 bits per heavy atom. The van der Waals surface area contributed by atoms with Crippen molar-refractivity contribution in [1.29, 1.82) is 0 Å². The fraction of sp³-hybridized carbons (Fsp3) is 0.462. The quantitative estimate of drug-likeness (QED) is 0.750. The molecule has 0 aliphatic rings. The van der Waals surface area contributed by atoms with Crippen LogP contribution in [0.4, 0.5) is 8.78 Å². The fourth-order valence-corrected chi connectivity index (χ4v) is 1.85. The first-order chi connectivity index (χ1) is 10.2. The topological polar surface area (TPSA) is 64.9 Å². The van der Waals surface area contributed by atoms with Crippen molar-refractivity contribution < 1.29 is 13.5 Å². The zero-order valence-electron chi connectivity index (χ0n) is 11.6. The first-order valence-electron chi connectivity index (χ1n) is 6.59. The minimum absolute atomic E-state index is 0.0663. The van der Waals surface area contributed by atoms with Crippen molar-refractivity contribution in [2.24, 2.45) is 0 Å². The maximum absolute atomic E-state index is 11.9. The van der Waals surface area contributed by atoms with E-state index in [9.17, 15) is 8.78 Å². The van der Waals surface area contributed by atoms with Crippen LogP contribution >= 0.6 is 0 Å². The summed E-state index contributed by atoms with van der Waals surface area (Å²) >= 11 is 0. The molecular formula is C13H17F2N5O. The second kappa shape index (κ2) is 7.75. The van der Waals surface area contributed by atoms with E-state index in [2.05, 4.69) is 20.8 Å². The molecule has 0 saturated heterocycles. The maximum atomic E-state index is 11.9. The van der Waals surface area contributed by atoms with E-state index >= 15 is 0 Å². The number of ether oxygens (including phenoxy) is 1. The maximum Gasteiger partial charge on any atom is 0.261 e. The van der Waals surface area contributed by atoms with Crippen LogP contribution in [-0.2, 0) is 4.74 Å². The first-order valence-corrected chi connectivity index (χ1v) is 6.59. The monoisotopic (exact) mass is 297 g/mol. The molecule has 0 radical (unpaired) electrons. The van der Waals surface area contributed by atoms with Crippen molar-refractivity contribution in [2.45, 2.75) is 19.4 Å². The van der Waals surface area contributed by atoms with Gasteiger partial charge in [-0.25, -0.2) is 13.5 Å². The minimum atomic E-state index is -2.42. The molecule has 2 aromatic rings. The molecule has 1 atom stereocenters. The summed E-state index contributed by atoms with van der Waals surface area (Å²) in [6.07, 6.45) is -0.898. The van der Waals surface area contributed by atoms with Crippen molar-refractivity contribution >= 4 is 0 Å². The molecule has 0 spiro atoms. The Morgan fingerprint density at radius 2 is 2.24 bits per heavy atom. The number of nitrogens with one attached hydrogen (secondary N) is 1. The van der Waals surface area contributed by atoms with E-state index < -0.39 is 13.0 Å². The van der Waals surface area contributed by atoms with Crippen LogP contribution in [0.25, 0.3) is 5.69 Å². The van der Waals surface area contributed by atoms with Gasteiger partial charge in [-0.15, -0.1) is 5.10 Å². The first kappa shape index (κ1) is 15.5. The molecule has 0 fully saturated rings. The predicted molar refractivity (Wildman–Crippen MR) is 72.4 cm³/mol. The van der Waals surface area contributed by atoms with E-state index in [0.717, 1.165) is 11.3 Å². The number of halogens is 2. The summed E-state index contributed by atoms with van der Waals surface area (Å²) in [6.45, 7) is 2.22. The van der Waals surface area contributed by atoms with Gasteiger partial charge in [-0.1, -0.05) is 12.1 Å². The highest BCUT2D eigenvalue weighted by Crippen LogP contribution is 2.15. The lowest BCUT2D eigenvalue weighted by Crippen LogP contribution is -2.24. The van der Waals surface area contributed by atoms with Crippen LogP contribution < -0.4 is 5.32 Å². The normalized spacial score (nSPS) is 12.8. The average Bonchev–Trinajstić information content (AvgIpc) is 3.01. The zero-order chi connectivity index (χ0) is 15.1. The number of nitrogens with zero attached hydrogens (tertiary/aromatic N) is 4. The smallest absolute Gasteiger partial charge is 0.261 e. The summed E-state index contributed by atoms with van der Waals surface area (Å²) in [5.41, 5.74) is 1.91. The van der Waals surface area contributed by atoms with E-state index in [-0.39, 0.29) is 12.6 Å². The third-order valence-corrected chi connectivity index (χ3v) is 2.92. The van der Waals surface area contributed by atoms with Crippen LogP contribution in [0.3, 0.4) is 0 Å². The van der Waals surface area contributed by atoms with Crippen molar-refractivity contribution in [3.05, 3.63) is 36.2 Å². The Kier molecular flexibility index (Phi) is 5.70. The van der Waals surface area contributed by atoms with Crippen LogP contribution in [0.1, 0.15) is 18.5 Å². The molecule has 1 aromatic carbocycles. The summed E-state index contributed by atoms with van der Waals surface area (Å²) in [5.74, 6) is 0. The van der Waals surface area contributed by atoms with Gasteiger partial charge in [0.05, 0.1) is 12.3 Å². The van der Waals surface area contributed by atoms with Crippen LogP contribution in [-0.4, -0.2) is 46.4 Å². The number of aromatic nitrogens is 4. The number of alkyl halides is 2. The molecule has 0 aliphatic heterocycles. The minimum Gasteiger partial charge on any atom is -0.374 e. The molecule has 21 heavy (non-hydrogen) atoms. The molecule has 1 heterocycles. The number of hydrogen-bond acceptors (Lipinski definition) is 5. The summed E-state index contributed by atoms with van der Waals surface area (Å²) in [5, 5.41) is 14.2. The van der Waals surface area contributed by atoms with Gasteiger partial charge in [-0.2, -0.15) is 0 Å². The Bertz CT molecular complexity index is 535. The molecule has 6 nitrogen and oxygen atoms in total. The molecule has 2 rings (SSSR count). The Balaban J connectivity index is 1.85. The molecule has 0 saturated carbocycles. The summed E-state index contributed by atoms with van der Waals surface area (Å²) in [4.78, 5) is 0. The highest BCUT2D eigenvalue weighted by Gasteiger charge is 2.07. The number of hydrogen-bond donors (Lipinski definition) is 1. The summed E-state index contributed by atoms with van der Waals surface area (Å²) < 4.78 is 30.2. The van der Waals surface area contributed by atoms with E-state index in [0.29, 0.717) is 6.54 Å². The van der Waals surface area contributed by atoms with Gasteiger partial charge in [0.1, 0.15) is 12.9 Å².